The van der Waals surface area contributed by atoms with Crippen LogP contribution in [0.15, 0.2) is 30.7 Å². The smallest absolute Gasteiger partial charge is 0.307 e. The van der Waals surface area contributed by atoms with Crippen molar-refractivity contribution in [2.45, 2.75) is 18.9 Å². The SMILES string of the molecule is O=C(O)C1CC1c1ccc(Cn2cnc(F)c2)cc1Cl. The number of imidazole rings is 1. The van der Waals surface area contributed by atoms with Crippen LogP contribution in [0.5, 0.6) is 0 Å². The average molecular weight is 295 g/mol. The third-order valence-corrected chi connectivity index (χ3v) is 3.87. The number of aromatic nitrogens is 2. The minimum absolute atomic E-state index is 0.0136. The van der Waals surface area contributed by atoms with Crippen molar-refractivity contribution in [1.29, 1.82) is 0 Å². The fourth-order valence-corrected chi connectivity index (χ4v) is 2.75. The number of carboxylic acid groups (broad SMARTS) is 1. The van der Waals surface area contributed by atoms with Crippen molar-refractivity contribution < 1.29 is 14.3 Å². The van der Waals surface area contributed by atoms with E-state index >= 15 is 0 Å². The lowest BCUT2D eigenvalue weighted by atomic mass is 10.1. The van der Waals surface area contributed by atoms with Crippen LogP contribution in [0.4, 0.5) is 4.39 Å². The highest BCUT2D eigenvalue weighted by Crippen LogP contribution is 2.49. The van der Waals surface area contributed by atoms with Crippen molar-refractivity contribution in [3.8, 4) is 0 Å². The predicted octanol–water partition coefficient (Wildman–Crippen LogP) is 2.91. The molecule has 1 N–H and O–H groups in total. The molecule has 1 aliphatic rings. The molecule has 0 amide bonds. The lowest BCUT2D eigenvalue weighted by molar-refractivity contribution is -0.138. The van der Waals surface area contributed by atoms with Crippen LogP contribution in [-0.2, 0) is 11.3 Å². The predicted molar refractivity (Wildman–Crippen MR) is 71.2 cm³/mol. The van der Waals surface area contributed by atoms with Crippen LogP contribution in [0, 0.1) is 11.9 Å². The Morgan fingerprint density at radius 3 is 2.90 bits per heavy atom. The van der Waals surface area contributed by atoms with E-state index < -0.39 is 11.9 Å². The minimum Gasteiger partial charge on any atom is -0.481 e. The highest BCUT2D eigenvalue weighted by molar-refractivity contribution is 6.31. The number of hydrogen-bond donors (Lipinski definition) is 1. The summed E-state index contributed by atoms with van der Waals surface area (Å²) in [5.41, 5.74) is 1.79. The monoisotopic (exact) mass is 294 g/mol. The maximum Gasteiger partial charge on any atom is 0.307 e. The first-order valence-corrected chi connectivity index (χ1v) is 6.61. The van der Waals surface area contributed by atoms with E-state index in [1.54, 1.807) is 10.6 Å². The highest BCUT2D eigenvalue weighted by atomic mass is 35.5. The van der Waals surface area contributed by atoms with E-state index in [-0.39, 0.29) is 11.8 Å². The Balaban J connectivity index is 1.76. The third-order valence-electron chi connectivity index (χ3n) is 3.54. The molecule has 4 nitrogen and oxygen atoms in total. The van der Waals surface area contributed by atoms with Crippen molar-refractivity contribution in [2.75, 3.05) is 0 Å². The topological polar surface area (TPSA) is 55.1 Å². The summed E-state index contributed by atoms with van der Waals surface area (Å²) in [6, 6.07) is 5.54. The largest absolute Gasteiger partial charge is 0.481 e. The van der Waals surface area contributed by atoms with Gasteiger partial charge in [-0.3, -0.25) is 4.79 Å². The van der Waals surface area contributed by atoms with Gasteiger partial charge in [0.15, 0.2) is 0 Å². The number of aliphatic carboxylic acids is 1. The van der Waals surface area contributed by atoms with Gasteiger partial charge in [-0.05, 0) is 29.5 Å². The number of benzene rings is 1. The first-order chi connectivity index (χ1) is 9.54. The van der Waals surface area contributed by atoms with Gasteiger partial charge < -0.3 is 9.67 Å². The molecule has 0 aliphatic heterocycles. The number of nitrogens with zero attached hydrogens (tertiary/aromatic N) is 2. The van der Waals surface area contributed by atoms with E-state index in [4.69, 9.17) is 16.7 Å². The molecule has 104 valence electrons. The molecular formula is C14H12ClFN2O2. The van der Waals surface area contributed by atoms with Crippen LogP contribution >= 0.6 is 11.6 Å². The van der Waals surface area contributed by atoms with Gasteiger partial charge in [-0.15, -0.1) is 0 Å². The molecular weight excluding hydrogens is 283 g/mol. The molecule has 2 unspecified atom stereocenters. The molecule has 2 atom stereocenters. The molecule has 1 aromatic carbocycles. The third kappa shape index (κ3) is 2.54. The van der Waals surface area contributed by atoms with E-state index in [1.807, 2.05) is 12.1 Å². The zero-order chi connectivity index (χ0) is 14.3. The number of halogens is 2. The zero-order valence-electron chi connectivity index (χ0n) is 10.5. The van der Waals surface area contributed by atoms with Gasteiger partial charge in [-0.1, -0.05) is 23.7 Å². The van der Waals surface area contributed by atoms with Crippen molar-refractivity contribution >= 4 is 17.6 Å². The van der Waals surface area contributed by atoms with Gasteiger partial charge in [0.25, 0.3) is 0 Å². The second-order valence-corrected chi connectivity index (χ2v) is 5.42. The summed E-state index contributed by atoms with van der Waals surface area (Å²) in [5, 5.41) is 9.51. The van der Waals surface area contributed by atoms with E-state index in [1.165, 1.54) is 12.5 Å². The first-order valence-electron chi connectivity index (χ1n) is 6.23. The Morgan fingerprint density at radius 2 is 2.35 bits per heavy atom. The van der Waals surface area contributed by atoms with Gasteiger partial charge in [0, 0.05) is 11.6 Å². The Kier molecular flexibility index (Phi) is 3.22. The molecule has 2 aromatic rings. The van der Waals surface area contributed by atoms with Crippen LogP contribution in [0.25, 0.3) is 0 Å². The van der Waals surface area contributed by atoms with E-state index in [0.29, 0.717) is 18.0 Å². The number of carbonyl (C=O) groups is 1. The lowest BCUT2D eigenvalue weighted by Gasteiger charge is -2.07. The van der Waals surface area contributed by atoms with E-state index in [9.17, 15) is 9.18 Å². The van der Waals surface area contributed by atoms with Gasteiger partial charge >= 0.3 is 5.97 Å². The second-order valence-electron chi connectivity index (χ2n) is 5.01. The van der Waals surface area contributed by atoms with E-state index in [2.05, 4.69) is 4.98 Å². The molecule has 1 fully saturated rings. The van der Waals surface area contributed by atoms with Crippen LogP contribution in [0.1, 0.15) is 23.5 Å². The molecule has 3 rings (SSSR count). The average Bonchev–Trinajstić information content (AvgIpc) is 3.07. The number of carboxylic acids is 1. The summed E-state index contributed by atoms with van der Waals surface area (Å²) in [4.78, 5) is 14.4. The molecule has 1 saturated carbocycles. The summed E-state index contributed by atoms with van der Waals surface area (Å²) in [7, 11) is 0. The molecule has 20 heavy (non-hydrogen) atoms. The Hall–Kier alpha value is -1.88. The van der Waals surface area contributed by atoms with Crippen molar-refractivity contribution in [2.24, 2.45) is 5.92 Å². The van der Waals surface area contributed by atoms with Gasteiger partial charge in [0.05, 0.1) is 18.4 Å². The van der Waals surface area contributed by atoms with Gasteiger partial charge in [-0.25, -0.2) is 4.98 Å². The summed E-state index contributed by atoms with van der Waals surface area (Å²) in [6.07, 6.45) is 3.36. The summed E-state index contributed by atoms with van der Waals surface area (Å²) in [6.45, 7) is 0.476. The number of rotatable bonds is 4. The fraction of sp³-hybridized carbons (Fsp3) is 0.286. The molecule has 1 aromatic heterocycles. The van der Waals surface area contributed by atoms with E-state index in [0.717, 1.165) is 11.1 Å². The van der Waals surface area contributed by atoms with Crippen LogP contribution in [0.3, 0.4) is 0 Å². The molecule has 0 radical (unpaired) electrons. The highest BCUT2D eigenvalue weighted by Gasteiger charge is 2.45. The molecule has 6 heteroatoms. The van der Waals surface area contributed by atoms with Crippen molar-refractivity contribution in [3.05, 3.63) is 52.8 Å². The standard InChI is InChI=1S/C14H12ClFN2O2/c15-12-3-8(5-18-6-13(16)17-7-18)1-2-9(12)10-4-11(10)14(19)20/h1-3,6-7,10-11H,4-5H2,(H,19,20). The first kappa shape index (κ1) is 13.1. The van der Waals surface area contributed by atoms with Crippen LogP contribution < -0.4 is 0 Å². The molecule has 1 heterocycles. The minimum atomic E-state index is -0.774. The second kappa shape index (κ2) is 4.90. The zero-order valence-corrected chi connectivity index (χ0v) is 11.2. The maximum atomic E-state index is 12.8. The summed E-state index contributed by atoms with van der Waals surface area (Å²) in [5.74, 6) is -1.60. The fourth-order valence-electron chi connectivity index (χ4n) is 2.41. The summed E-state index contributed by atoms with van der Waals surface area (Å²) >= 11 is 6.21. The molecule has 1 aliphatic carbocycles. The molecule has 0 bridgehead atoms. The normalized spacial score (nSPS) is 20.9. The number of hydrogen-bond acceptors (Lipinski definition) is 2. The van der Waals surface area contributed by atoms with Crippen LogP contribution in [-0.4, -0.2) is 20.6 Å². The van der Waals surface area contributed by atoms with Crippen molar-refractivity contribution in [3.63, 3.8) is 0 Å². The van der Waals surface area contributed by atoms with Gasteiger partial charge in [-0.2, -0.15) is 4.39 Å². The van der Waals surface area contributed by atoms with Gasteiger partial charge in [0.1, 0.15) is 0 Å². The Morgan fingerprint density at radius 1 is 1.55 bits per heavy atom. The molecule has 0 saturated heterocycles. The maximum absolute atomic E-state index is 12.8. The Bertz CT molecular complexity index is 671. The molecule has 0 spiro atoms. The summed E-state index contributed by atoms with van der Waals surface area (Å²) < 4.78 is 14.4. The van der Waals surface area contributed by atoms with Crippen LogP contribution in [0.2, 0.25) is 5.02 Å². The quantitative estimate of drug-likeness (QED) is 0.943. The lowest BCUT2D eigenvalue weighted by Crippen LogP contribution is -2.00. The Labute approximate surface area is 119 Å². The van der Waals surface area contributed by atoms with Gasteiger partial charge in [0.2, 0.25) is 5.95 Å². The van der Waals surface area contributed by atoms with Crippen molar-refractivity contribution in [1.82, 2.24) is 9.55 Å².